The second-order valence-corrected chi connectivity index (χ2v) is 17.0. The van der Waals surface area contributed by atoms with Crippen molar-refractivity contribution < 1.29 is 22.7 Å². The van der Waals surface area contributed by atoms with Gasteiger partial charge < -0.3 is 9.05 Å². The van der Waals surface area contributed by atoms with E-state index in [1.54, 1.807) is 0 Å². The average molecular weight is 556 g/mol. The molecule has 1 rings (SSSR count). The van der Waals surface area contributed by atoms with Gasteiger partial charge in [0.25, 0.3) is 0 Å². The Balaban J connectivity index is 0.000000615. The molecule has 0 aliphatic carbocycles. The first-order valence-electron chi connectivity index (χ1n) is 10.3. The molecule has 8 nitrogen and oxygen atoms in total. The number of aromatic nitrogens is 3. The molecule has 0 saturated heterocycles. The van der Waals surface area contributed by atoms with Crippen molar-refractivity contribution in [3.05, 3.63) is 5.28 Å². The summed E-state index contributed by atoms with van der Waals surface area (Å²) in [7, 11) is 0. The number of halogens is 1. The van der Waals surface area contributed by atoms with Gasteiger partial charge in [-0.3, -0.25) is 13.6 Å². The fraction of sp³-hybridized carbons (Fsp3) is 0.882. The topological polar surface area (TPSA) is 84.7 Å². The smallest absolute Gasteiger partial charge is 0.382 e. The van der Waals surface area contributed by atoms with Crippen LogP contribution in [0.2, 0.25) is 5.28 Å². The van der Waals surface area contributed by atoms with Gasteiger partial charge in [-0.05, 0) is 59.1 Å². The van der Waals surface area contributed by atoms with Crippen LogP contribution in [0.15, 0.2) is 0 Å². The van der Waals surface area contributed by atoms with Gasteiger partial charge in [0.2, 0.25) is 5.28 Å². The van der Waals surface area contributed by atoms with Gasteiger partial charge in [0, 0.05) is 29.4 Å². The van der Waals surface area contributed by atoms with Gasteiger partial charge in [0.05, 0.1) is 19.8 Å². The van der Waals surface area contributed by atoms with E-state index in [1.807, 2.05) is 34.6 Å². The van der Waals surface area contributed by atoms with Crippen LogP contribution in [0.1, 0.15) is 67.3 Å². The van der Waals surface area contributed by atoms with Crippen molar-refractivity contribution in [2.24, 2.45) is 0 Å². The maximum absolute atomic E-state index is 12.0. The Bertz CT molecular complexity index is 691. The van der Waals surface area contributed by atoms with Gasteiger partial charge in [-0.15, -0.1) is 5.10 Å². The van der Waals surface area contributed by atoms with Crippen molar-refractivity contribution in [1.82, 2.24) is 14.8 Å². The molecule has 0 saturated carbocycles. The standard InChI is InChI=1S/C9H17ClN3O3PS.C8H19O2PS2/c1-5-14-17(18,15-6-2)16-9-11-8(10)13(12-9)7(3)4;1-4-7-12-11(9,10-6-3)13-8-5-2/h7H,5-6H2,1-4H3;4-8H2,1-3H3. The molecule has 1 aromatic heterocycles. The molecule has 0 N–H and O–H groups in total. The highest BCUT2D eigenvalue weighted by Gasteiger charge is 2.25. The predicted octanol–water partition coefficient (Wildman–Crippen LogP) is 7.61. The first kappa shape index (κ1) is 31.7. The highest BCUT2D eigenvalue weighted by molar-refractivity contribution is 8.89. The molecule has 0 unspecified atom stereocenters. The average Bonchev–Trinajstić information content (AvgIpc) is 3.06. The molecule has 0 spiro atoms. The Labute approximate surface area is 205 Å². The molecule has 31 heavy (non-hydrogen) atoms. The van der Waals surface area contributed by atoms with E-state index in [-0.39, 0.29) is 17.3 Å². The molecule has 0 aromatic carbocycles. The quantitative estimate of drug-likeness (QED) is 0.201. The number of nitrogens with zero attached hydrogens (tertiary/aromatic N) is 3. The van der Waals surface area contributed by atoms with E-state index in [0.717, 1.165) is 24.3 Å². The summed E-state index contributed by atoms with van der Waals surface area (Å²) in [5.74, 6) is -0.570. The number of rotatable bonds is 15. The van der Waals surface area contributed by atoms with E-state index in [2.05, 4.69) is 23.9 Å². The second-order valence-electron chi connectivity index (χ2n) is 6.11. The van der Waals surface area contributed by atoms with Gasteiger partial charge in [0.1, 0.15) is 0 Å². The van der Waals surface area contributed by atoms with E-state index in [9.17, 15) is 4.57 Å². The fourth-order valence-electron chi connectivity index (χ4n) is 1.84. The Morgan fingerprint density at radius 1 is 1.00 bits per heavy atom. The summed E-state index contributed by atoms with van der Waals surface area (Å²) < 4.78 is 35.0. The van der Waals surface area contributed by atoms with Crippen LogP contribution in [0.5, 0.6) is 6.01 Å². The van der Waals surface area contributed by atoms with Crippen molar-refractivity contribution in [3.8, 4) is 6.01 Å². The van der Waals surface area contributed by atoms with Crippen LogP contribution in [0.25, 0.3) is 0 Å². The van der Waals surface area contributed by atoms with Crippen LogP contribution in [0, 0.1) is 0 Å². The third-order valence-corrected chi connectivity index (χ3v) is 13.6. The molecule has 0 bridgehead atoms. The molecular formula is C17H36ClN3O5P2S3. The molecule has 0 amide bonds. The van der Waals surface area contributed by atoms with Gasteiger partial charge in [-0.1, -0.05) is 36.6 Å². The first-order chi connectivity index (χ1) is 14.6. The van der Waals surface area contributed by atoms with Gasteiger partial charge >= 0.3 is 18.5 Å². The highest BCUT2D eigenvalue weighted by Crippen LogP contribution is 2.69. The summed E-state index contributed by atoms with van der Waals surface area (Å²) in [6, 6.07) is 0.165. The van der Waals surface area contributed by atoms with Gasteiger partial charge in [-0.2, -0.15) is 4.98 Å². The number of hydrogen-bond acceptors (Lipinski definition) is 10. The molecule has 0 atom stereocenters. The Hall–Kier alpha value is 0.690. The third-order valence-electron chi connectivity index (χ3n) is 3.02. The van der Waals surface area contributed by atoms with Crippen molar-refractivity contribution in [2.45, 2.75) is 67.3 Å². The van der Waals surface area contributed by atoms with Crippen LogP contribution in [0.3, 0.4) is 0 Å². The summed E-state index contributed by atoms with van der Waals surface area (Å²) in [6.45, 7) is 12.1. The van der Waals surface area contributed by atoms with Crippen molar-refractivity contribution in [3.63, 3.8) is 0 Å². The molecule has 1 aromatic rings. The molecule has 0 aliphatic heterocycles. The van der Waals surface area contributed by atoms with Crippen molar-refractivity contribution in [1.29, 1.82) is 0 Å². The molecule has 184 valence electrons. The van der Waals surface area contributed by atoms with Crippen LogP contribution in [-0.2, 0) is 29.9 Å². The first-order valence-corrected chi connectivity index (χ1v) is 18.1. The lowest BCUT2D eigenvalue weighted by Gasteiger charge is -2.18. The van der Waals surface area contributed by atoms with E-state index >= 15 is 0 Å². The Morgan fingerprint density at radius 2 is 1.48 bits per heavy atom. The zero-order chi connectivity index (χ0) is 23.9. The van der Waals surface area contributed by atoms with Crippen LogP contribution in [0.4, 0.5) is 0 Å². The molecule has 1 heterocycles. The minimum absolute atomic E-state index is 0.0823. The Morgan fingerprint density at radius 3 is 1.84 bits per heavy atom. The zero-order valence-corrected chi connectivity index (χ0v) is 24.4. The molecule has 0 radical (unpaired) electrons. The van der Waals surface area contributed by atoms with Crippen LogP contribution >= 0.6 is 46.9 Å². The van der Waals surface area contributed by atoms with E-state index in [0.29, 0.717) is 19.8 Å². The van der Waals surface area contributed by atoms with Gasteiger partial charge in [0.15, 0.2) is 0 Å². The summed E-state index contributed by atoms with van der Waals surface area (Å²) in [5, 5.41) is 4.36. The summed E-state index contributed by atoms with van der Waals surface area (Å²) in [6.07, 6.45) is 2.10. The van der Waals surface area contributed by atoms with Crippen LogP contribution < -0.4 is 4.52 Å². The maximum atomic E-state index is 12.0. The lowest BCUT2D eigenvalue weighted by molar-refractivity contribution is 0.213. The minimum Gasteiger partial charge on any atom is -0.388 e. The Kier molecular flexibility index (Phi) is 17.6. The second kappa shape index (κ2) is 17.2. The number of hydrogen-bond donors (Lipinski definition) is 0. The molecule has 0 aliphatic rings. The minimum atomic E-state index is -2.84. The zero-order valence-electron chi connectivity index (χ0n) is 19.4. The van der Waals surface area contributed by atoms with Crippen molar-refractivity contribution in [2.75, 3.05) is 31.3 Å². The lowest BCUT2D eigenvalue weighted by Crippen LogP contribution is -2.05. The van der Waals surface area contributed by atoms with E-state index in [4.69, 9.17) is 41.5 Å². The molecular weight excluding hydrogens is 520 g/mol. The fourth-order valence-corrected chi connectivity index (χ4v) is 11.2. The molecule has 0 fully saturated rings. The SMILES string of the molecule is CCCSP(=O)(OCC)SCCC.CCOP(=S)(OCC)Oc1nc(Cl)n(C(C)C)n1. The van der Waals surface area contributed by atoms with Crippen LogP contribution in [-0.4, -0.2) is 46.1 Å². The molecule has 14 heteroatoms. The summed E-state index contributed by atoms with van der Waals surface area (Å²) >= 11 is 14.1. The maximum Gasteiger partial charge on any atom is 0.382 e. The summed E-state index contributed by atoms with van der Waals surface area (Å²) in [4.78, 5) is 3.98. The largest absolute Gasteiger partial charge is 0.388 e. The third kappa shape index (κ3) is 13.2. The van der Waals surface area contributed by atoms with E-state index < -0.39 is 12.5 Å². The predicted molar refractivity (Wildman–Crippen MR) is 138 cm³/mol. The summed E-state index contributed by atoms with van der Waals surface area (Å²) in [5.41, 5.74) is 0. The highest BCUT2D eigenvalue weighted by atomic mass is 35.5. The monoisotopic (exact) mass is 555 g/mol. The van der Waals surface area contributed by atoms with Gasteiger partial charge in [-0.25, -0.2) is 4.68 Å². The van der Waals surface area contributed by atoms with Crippen molar-refractivity contribution >= 4 is 58.7 Å². The lowest BCUT2D eigenvalue weighted by atomic mass is 10.4. The normalized spacial score (nSPS) is 12.0. The van der Waals surface area contributed by atoms with E-state index in [1.165, 1.54) is 27.4 Å².